The Bertz CT molecular complexity index is 1120. The molecule has 7 heteroatoms. The monoisotopic (exact) mass is 433 g/mol. The van der Waals surface area contributed by atoms with Crippen LogP contribution >= 0.6 is 0 Å². The first-order chi connectivity index (χ1) is 15.5. The van der Waals surface area contributed by atoms with Gasteiger partial charge in [-0.3, -0.25) is 0 Å². The van der Waals surface area contributed by atoms with Crippen molar-refractivity contribution in [2.24, 2.45) is 11.5 Å². The van der Waals surface area contributed by atoms with E-state index in [0.717, 1.165) is 66.7 Å². The van der Waals surface area contributed by atoms with Crippen molar-refractivity contribution < 1.29 is 9.47 Å². The van der Waals surface area contributed by atoms with Crippen LogP contribution in [0.25, 0.3) is 22.2 Å². The fourth-order valence-corrected chi connectivity index (χ4v) is 4.97. The van der Waals surface area contributed by atoms with Crippen molar-refractivity contribution in [1.82, 2.24) is 10.3 Å². The van der Waals surface area contributed by atoms with Gasteiger partial charge in [0.2, 0.25) is 0 Å². The molecule has 2 aromatic carbocycles. The van der Waals surface area contributed by atoms with E-state index in [9.17, 15) is 0 Å². The minimum Gasteiger partial charge on any atom is -0.493 e. The Hall–Kier alpha value is -2.87. The van der Waals surface area contributed by atoms with Crippen molar-refractivity contribution >= 4 is 16.6 Å². The highest BCUT2D eigenvalue weighted by atomic mass is 16.5. The van der Waals surface area contributed by atoms with Gasteiger partial charge in [0.15, 0.2) is 11.5 Å². The number of hydrogen-bond acceptors (Lipinski definition) is 7. The molecule has 0 atom stereocenters. The van der Waals surface area contributed by atoms with Crippen LogP contribution in [0.4, 0.5) is 5.69 Å². The number of benzene rings is 2. The lowest BCUT2D eigenvalue weighted by Gasteiger charge is -2.44. The zero-order chi connectivity index (χ0) is 22.3. The maximum atomic E-state index is 6.82. The van der Waals surface area contributed by atoms with Gasteiger partial charge in [0.05, 0.1) is 25.4 Å². The highest BCUT2D eigenvalue weighted by Gasteiger charge is 2.42. The van der Waals surface area contributed by atoms with Crippen LogP contribution in [0.1, 0.15) is 18.4 Å². The number of aromatic nitrogens is 1. The summed E-state index contributed by atoms with van der Waals surface area (Å²) in [6.45, 7) is 4.08. The molecule has 32 heavy (non-hydrogen) atoms. The summed E-state index contributed by atoms with van der Waals surface area (Å²) in [6, 6.07) is 14.8. The molecular formula is C25H31N5O2. The molecule has 3 aromatic rings. The molecule has 1 aliphatic carbocycles. The number of nitrogens with zero attached hydrogens (tertiary/aromatic N) is 2. The van der Waals surface area contributed by atoms with E-state index in [1.54, 1.807) is 14.2 Å². The van der Waals surface area contributed by atoms with E-state index >= 15 is 0 Å². The van der Waals surface area contributed by atoms with Gasteiger partial charge in [-0.05, 0) is 42.7 Å². The summed E-state index contributed by atoms with van der Waals surface area (Å²) in [5.74, 6) is 1.32. The van der Waals surface area contributed by atoms with Gasteiger partial charge >= 0.3 is 0 Å². The summed E-state index contributed by atoms with van der Waals surface area (Å²) in [7, 11) is 3.28. The number of methoxy groups -OCH3 is 2. The van der Waals surface area contributed by atoms with Crippen molar-refractivity contribution in [2.75, 3.05) is 45.3 Å². The Morgan fingerprint density at radius 2 is 1.66 bits per heavy atom. The van der Waals surface area contributed by atoms with Gasteiger partial charge in [-0.15, -0.1) is 0 Å². The van der Waals surface area contributed by atoms with Crippen LogP contribution in [-0.4, -0.2) is 51.4 Å². The molecule has 2 fully saturated rings. The molecule has 0 amide bonds. The third kappa shape index (κ3) is 3.66. The lowest BCUT2D eigenvalue weighted by Crippen LogP contribution is -2.55. The number of anilines is 1. The van der Waals surface area contributed by atoms with Crippen LogP contribution in [0.5, 0.6) is 11.5 Å². The van der Waals surface area contributed by atoms with E-state index in [2.05, 4.69) is 40.5 Å². The van der Waals surface area contributed by atoms with Gasteiger partial charge in [0.25, 0.3) is 0 Å². The molecular weight excluding hydrogens is 402 g/mol. The first-order valence-corrected chi connectivity index (χ1v) is 11.2. The Balaban J connectivity index is 1.60. The molecule has 5 N–H and O–H groups in total. The number of ether oxygens (including phenoxy) is 2. The molecule has 1 aliphatic heterocycles. The van der Waals surface area contributed by atoms with Gasteiger partial charge in [-0.1, -0.05) is 12.1 Å². The molecule has 168 valence electrons. The quantitative estimate of drug-likeness (QED) is 0.569. The Morgan fingerprint density at radius 1 is 1.00 bits per heavy atom. The summed E-state index contributed by atoms with van der Waals surface area (Å²) in [6.07, 6.45) is 1.50. The van der Waals surface area contributed by atoms with Crippen LogP contribution in [0.15, 0.2) is 42.5 Å². The first kappa shape index (κ1) is 21.0. The molecule has 1 saturated carbocycles. The minimum absolute atomic E-state index is 0.130. The molecule has 0 unspecified atom stereocenters. The van der Waals surface area contributed by atoms with Gasteiger partial charge in [-0.25, -0.2) is 4.98 Å². The smallest absolute Gasteiger partial charge is 0.162 e. The summed E-state index contributed by atoms with van der Waals surface area (Å²) in [5, 5.41) is 4.38. The summed E-state index contributed by atoms with van der Waals surface area (Å²) in [5.41, 5.74) is 17.6. The van der Waals surface area contributed by atoms with E-state index < -0.39 is 5.54 Å². The van der Waals surface area contributed by atoms with E-state index in [1.807, 2.05) is 12.1 Å². The predicted molar refractivity (Wildman–Crippen MR) is 128 cm³/mol. The Morgan fingerprint density at radius 3 is 2.28 bits per heavy atom. The fourth-order valence-electron chi connectivity index (χ4n) is 4.97. The zero-order valence-corrected chi connectivity index (χ0v) is 18.7. The maximum Gasteiger partial charge on any atom is 0.162 e. The lowest BCUT2D eigenvalue weighted by atomic mass is 9.68. The minimum atomic E-state index is -0.463. The average Bonchev–Trinajstić information content (AvgIpc) is 2.82. The van der Waals surface area contributed by atoms with Crippen LogP contribution in [0, 0.1) is 0 Å². The fraction of sp³-hybridized carbons (Fsp3) is 0.400. The van der Waals surface area contributed by atoms with E-state index in [-0.39, 0.29) is 6.04 Å². The number of fused-ring (bicyclic) bond motifs is 1. The van der Waals surface area contributed by atoms with Crippen LogP contribution in [0.2, 0.25) is 0 Å². The molecule has 5 rings (SSSR count). The van der Waals surface area contributed by atoms with Crippen LogP contribution in [0.3, 0.4) is 0 Å². The zero-order valence-electron chi connectivity index (χ0n) is 18.7. The second-order valence-corrected chi connectivity index (χ2v) is 8.89. The number of piperazine rings is 1. The highest BCUT2D eigenvalue weighted by Crippen LogP contribution is 2.44. The normalized spacial score (nSPS) is 23.1. The number of rotatable bonds is 5. The molecule has 0 bridgehead atoms. The number of nitrogens with two attached hydrogens (primary N) is 2. The number of nitrogens with one attached hydrogen (secondary N) is 1. The molecule has 0 spiro atoms. The second-order valence-electron chi connectivity index (χ2n) is 8.89. The van der Waals surface area contributed by atoms with Crippen molar-refractivity contribution in [3.05, 3.63) is 48.0 Å². The van der Waals surface area contributed by atoms with Gasteiger partial charge < -0.3 is 31.2 Å². The summed E-state index contributed by atoms with van der Waals surface area (Å²) < 4.78 is 11.1. The second kappa shape index (κ2) is 8.24. The third-order valence-electron chi connectivity index (χ3n) is 6.75. The lowest BCUT2D eigenvalue weighted by molar-refractivity contribution is 0.213. The standard InChI is InChI=1S/C25H31N5O2/c1-31-23-11-19-20(25(27)14-17(26)15-25)12-21(29-22(19)13-24(23)32-2)16-3-5-18(6-4-16)30-9-7-28-8-10-30/h3-6,11-13,17,28H,7-10,14-15,26-27H2,1-2H3. The third-order valence-corrected chi connectivity index (χ3v) is 6.75. The van der Waals surface area contributed by atoms with Gasteiger partial charge in [0, 0.05) is 60.5 Å². The average molecular weight is 434 g/mol. The van der Waals surface area contributed by atoms with Gasteiger partial charge in [0.1, 0.15) is 0 Å². The van der Waals surface area contributed by atoms with Crippen LogP contribution in [-0.2, 0) is 5.54 Å². The number of pyridine rings is 1. The largest absolute Gasteiger partial charge is 0.493 e. The maximum absolute atomic E-state index is 6.82. The van der Waals surface area contributed by atoms with Crippen molar-refractivity contribution in [2.45, 2.75) is 24.4 Å². The molecule has 2 heterocycles. The van der Waals surface area contributed by atoms with E-state index in [4.69, 9.17) is 25.9 Å². The highest BCUT2D eigenvalue weighted by molar-refractivity contribution is 5.89. The van der Waals surface area contributed by atoms with Crippen molar-refractivity contribution in [3.63, 3.8) is 0 Å². The molecule has 7 nitrogen and oxygen atoms in total. The topological polar surface area (TPSA) is 98.7 Å². The predicted octanol–water partition coefficient (Wildman–Crippen LogP) is 2.60. The Labute approximate surface area is 188 Å². The molecule has 1 saturated heterocycles. The number of hydrogen-bond donors (Lipinski definition) is 3. The Kier molecular flexibility index (Phi) is 5.41. The van der Waals surface area contributed by atoms with Gasteiger partial charge in [-0.2, -0.15) is 0 Å². The van der Waals surface area contributed by atoms with Crippen LogP contribution < -0.4 is 31.2 Å². The van der Waals surface area contributed by atoms with E-state index in [0.29, 0.717) is 11.5 Å². The SMILES string of the molecule is COc1cc2nc(-c3ccc(N4CCNCC4)cc3)cc(C3(N)CC(N)C3)c2cc1OC. The molecule has 1 aromatic heterocycles. The van der Waals surface area contributed by atoms with Crippen molar-refractivity contribution in [3.8, 4) is 22.8 Å². The van der Waals surface area contributed by atoms with Crippen molar-refractivity contribution in [1.29, 1.82) is 0 Å². The summed E-state index contributed by atoms with van der Waals surface area (Å²) >= 11 is 0. The molecule has 0 radical (unpaired) electrons. The molecule has 2 aliphatic rings. The summed E-state index contributed by atoms with van der Waals surface area (Å²) in [4.78, 5) is 7.38. The first-order valence-electron chi connectivity index (χ1n) is 11.2. The van der Waals surface area contributed by atoms with E-state index in [1.165, 1.54) is 5.69 Å².